The number of unbranched alkanes of at least 4 members (excludes halogenated alkanes) is 6. The highest BCUT2D eigenvalue weighted by molar-refractivity contribution is 4.56. The Hall–Kier alpha value is 0.690. The van der Waals surface area contributed by atoms with Crippen molar-refractivity contribution in [2.75, 3.05) is 26.2 Å². The van der Waals surface area contributed by atoms with Crippen LogP contribution >= 0.6 is 0 Å². The maximum atomic E-state index is 2.32. The third kappa shape index (κ3) is 8.54. The van der Waals surface area contributed by atoms with Gasteiger partial charge in [0.2, 0.25) is 0 Å². The summed E-state index contributed by atoms with van der Waals surface area (Å²) in [7, 11) is 0. The van der Waals surface area contributed by atoms with E-state index in [4.69, 9.17) is 0 Å². The van der Waals surface area contributed by atoms with Gasteiger partial charge in [-0.05, 0) is 44.9 Å². The van der Waals surface area contributed by atoms with E-state index in [0.29, 0.717) is 0 Å². The van der Waals surface area contributed by atoms with E-state index >= 15 is 0 Å². The van der Waals surface area contributed by atoms with Crippen molar-refractivity contribution in [3.63, 3.8) is 0 Å². The van der Waals surface area contributed by atoms with Crippen LogP contribution in [-0.4, -0.2) is 30.7 Å². The third-order valence-electron chi connectivity index (χ3n) is 4.74. The molecule has 0 saturated carbocycles. The smallest absolute Gasteiger partial charge is 0.0786 e. The number of nitrogens with zero attached hydrogens (tertiary/aromatic N) is 1. The van der Waals surface area contributed by atoms with Gasteiger partial charge in [0.05, 0.1) is 26.2 Å². The van der Waals surface area contributed by atoms with Crippen molar-refractivity contribution in [2.45, 2.75) is 84.5 Å². The molecular weight excluding hydrogens is 345 g/mol. The van der Waals surface area contributed by atoms with Crippen molar-refractivity contribution in [3.8, 4) is 0 Å². The molecular formula is C17H36IN. The van der Waals surface area contributed by atoms with Gasteiger partial charge in [0, 0.05) is 0 Å². The molecule has 0 aromatic heterocycles. The second-order valence-corrected chi connectivity index (χ2v) is 6.42. The van der Waals surface area contributed by atoms with Crippen molar-refractivity contribution in [1.29, 1.82) is 0 Å². The zero-order valence-electron chi connectivity index (χ0n) is 13.4. The van der Waals surface area contributed by atoms with E-state index in [9.17, 15) is 0 Å². The average molecular weight is 381 g/mol. The molecule has 0 aliphatic carbocycles. The Morgan fingerprint density at radius 1 is 0.632 bits per heavy atom. The first kappa shape index (κ1) is 19.7. The summed E-state index contributed by atoms with van der Waals surface area (Å²) in [6.07, 6.45) is 16.0. The number of likely N-dealkylation sites (tertiary alicyclic amines) is 1. The second-order valence-electron chi connectivity index (χ2n) is 6.42. The molecule has 0 aromatic carbocycles. The molecule has 0 N–H and O–H groups in total. The third-order valence-corrected chi connectivity index (χ3v) is 4.74. The van der Waals surface area contributed by atoms with Crippen LogP contribution in [0.4, 0.5) is 0 Å². The summed E-state index contributed by atoms with van der Waals surface area (Å²) in [6.45, 7) is 10.6. The minimum absolute atomic E-state index is 0. The number of hydrogen-bond donors (Lipinski definition) is 0. The molecule has 0 bridgehead atoms. The average Bonchev–Trinajstić information content (AvgIpc) is 2.41. The molecule has 116 valence electrons. The Morgan fingerprint density at radius 2 is 1.11 bits per heavy atom. The molecule has 0 atom stereocenters. The molecule has 1 nitrogen and oxygen atoms in total. The maximum Gasteiger partial charge on any atom is 0.0786 e. The van der Waals surface area contributed by atoms with Crippen molar-refractivity contribution in [2.24, 2.45) is 0 Å². The molecule has 0 unspecified atom stereocenters. The van der Waals surface area contributed by atoms with Gasteiger partial charge in [0.25, 0.3) is 0 Å². The summed E-state index contributed by atoms with van der Waals surface area (Å²) in [5, 5.41) is 0. The molecule has 1 aliphatic heterocycles. The van der Waals surface area contributed by atoms with E-state index in [-0.39, 0.29) is 24.0 Å². The van der Waals surface area contributed by atoms with Crippen LogP contribution in [0.25, 0.3) is 0 Å². The zero-order chi connectivity index (χ0) is 13.1. The van der Waals surface area contributed by atoms with E-state index in [1.54, 1.807) is 0 Å². The maximum absolute atomic E-state index is 2.32. The lowest BCUT2D eigenvalue weighted by Gasteiger charge is -2.42. The SMILES string of the molecule is CCCCCC[N+]1(CCCCCC)CCCCC1.[I-]. The minimum Gasteiger partial charge on any atom is -1.00 e. The quantitative estimate of drug-likeness (QED) is 0.309. The highest BCUT2D eigenvalue weighted by Gasteiger charge is 2.28. The molecule has 0 aromatic rings. The fourth-order valence-corrected chi connectivity index (χ4v) is 3.49. The molecule has 0 amide bonds. The summed E-state index contributed by atoms with van der Waals surface area (Å²) in [5.41, 5.74) is 0. The fourth-order valence-electron chi connectivity index (χ4n) is 3.49. The van der Waals surface area contributed by atoms with Gasteiger partial charge in [-0.1, -0.05) is 39.5 Å². The Bertz CT molecular complexity index is 174. The molecule has 1 rings (SSSR count). The lowest BCUT2D eigenvalue weighted by Crippen LogP contribution is -3.00. The summed E-state index contributed by atoms with van der Waals surface area (Å²) < 4.78 is 1.48. The summed E-state index contributed by atoms with van der Waals surface area (Å²) in [6, 6.07) is 0. The highest BCUT2D eigenvalue weighted by Crippen LogP contribution is 2.22. The predicted molar refractivity (Wildman–Crippen MR) is 81.9 cm³/mol. The van der Waals surface area contributed by atoms with Crippen molar-refractivity contribution in [3.05, 3.63) is 0 Å². The first-order valence-electron chi connectivity index (χ1n) is 8.68. The van der Waals surface area contributed by atoms with E-state index in [2.05, 4.69) is 13.8 Å². The largest absolute Gasteiger partial charge is 1.00 e. The van der Waals surface area contributed by atoms with Gasteiger partial charge in [-0.25, -0.2) is 0 Å². The fraction of sp³-hybridized carbons (Fsp3) is 1.00. The van der Waals surface area contributed by atoms with Crippen LogP contribution in [-0.2, 0) is 0 Å². The minimum atomic E-state index is 0. The van der Waals surface area contributed by atoms with E-state index < -0.39 is 0 Å². The first-order chi connectivity index (χ1) is 8.83. The molecule has 0 radical (unpaired) electrons. The summed E-state index contributed by atoms with van der Waals surface area (Å²) >= 11 is 0. The Kier molecular flexibility index (Phi) is 12.9. The summed E-state index contributed by atoms with van der Waals surface area (Å²) in [5.74, 6) is 0. The summed E-state index contributed by atoms with van der Waals surface area (Å²) in [4.78, 5) is 0. The molecule has 19 heavy (non-hydrogen) atoms. The molecule has 2 heteroatoms. The number of halogens is 1. The standard InChI is InChI=1S/C17H36N.HI/c1-3-5-7-10-14-18(15-11-8-6-4-2)16-12-9-13-17-18;/h3-17H2,1-2H3;1H/q+1;/p-1. The molecule has 0 spiro atoms. The first-order valence-corrected chi connectivity index (χ1v) is 8.68. The lowest BCUT2D eigenvalue weighted by molar-refractivity contribution is -0.932. The van der Waals surface area contributed by atoms with Crippen LogP contribution in [0.1, 0.15) is 84.5 Å². The normalized spacial score (nSPS) is 18.0. The highest BCUT2D eigenvalue weighted by atomic mass is 127. The number of quaternary nitrogens is 1. The Labute approximate surface area is 139 Å². The van der Waals surface area contributed by atoms with Crippen LogP contribution in [0.5, 0.6) is 0 Å². The van der Waals surface area contributed by atoms with Crippen LogP contribution in [0.2, 0.25) is 0 Å². The van der Waals surface area contributed by atoms with Crippen molar-refractivity contribution in [1.82, 2.24) is 0 Å². The van der Waals surface area contributed by atoms with Crippen LogP contribution in [0.3, 0.4) is 0 Å². The van der Waals surface area contributed by atoms with Gasteiger partial charge in [-0.15, -0.1) is 0 Å². The van der Waals surface area contributed by atoms with Gasteiger partial charge in [0.15, 0.2) is 0 Å². The monoisotopic (exact) mass is 381 g/mol. The molecule has 1 saturated heterocycles. The topological polar surface area (TPSA) is 0 Å². The predicted octanol–water partition coefficient (Wildman–Crippen LogP) is 2.15. The van der Waals surface area contributed by atoms with Crippen LogP contribution in [0.15, 0.2) is 0 Å². The van der Waals surface area contributed by atoms with E-state index in [1.807, 2.05) is 0 Å². The van der Waals surface area contributed by atoms with Crippen molar-refractivity contribution < 1.29 is 28.5 Å². The van der Waals surface area contributed by atoms with E-state index in [1.165, 1.54) is 101 Å². The van der Waals surface area contributed by atoms with Crippen LogP contribution < -0.4 is 24.0 Å². The van der Waals surface area contributed by atoms with Gasteiger partial charge in [-0.3, -0.25) is 0 Å². The number of rotatable bonds is 10. The Balaban J connectivity index is 0.00000324. The number of hydrogen-bond acceptors (Lipinski definition) is 0. The van der Waals surface area contributed by atoms with Crippen molar-refractivity contribution >= 4 is 0 Å². The lowest BCUT2D eigenvalue weighted by atomic mass is 10.0. The Morgan fingerprint density at radius 3 is 1.53 bits per heavy atom. The zero-order valence-corrected chi connectivity index (χ0v) is 15.6. The molecule has 1 heterocycles. The number of piperidine rings is 1. The van der Waals surface area contributed by atoms with E-state index in [0.717, 1.165) is 0 Å². The van der Waals surface area contributed by atoms with Gasteiger partial charge in [0.1, 0.15) is 0 Å². The second kappa shape index (κ2) is 12.4. The molecule has 1 fully saturated rings. The van der Waals surface area contributed by atoms with Crippen LogP contribution in [0, 0.1) is 0 Å². The molecule has 1 aliphatic rings. The van der Waals surface area contributed by atoms with Gasteiger partial charge in [-0.2, -0.15) is 0 Å². The van der Waals surface area contributed by atoms with Gasteiger partial charge >= 0.3 is 0 Å². The van der Waals surface area contributed by atoms with Gasteiger partial charge < -0.3 is 28.5 Å².